The third-order valence-corrected chi connectivity index (χ3v) is 6.67. The molecule has 1 aliphatic rings. The SMILES string of the molecule is Cc1ccc(C2=NN(C(=O)CSc3nnnn3-c3ccc(C)cc3C)C(c3ccco3)C2)cc1. The first-order valence-electron chi connectivity index (χ1n) is 11.0. The van der Waals surface area contributed by atoms with Crippen LogP contribution >= 0.6 is 11.8 Å². The molecule has 172 valence electrons. The number of hydrazone groups is 1. The van der Waals surface area contributed by atoms with E-state index in [1.807, 2.05) is 69.3 Å². The molecule has 1 unspecified atom stereocenters. The highest BCUT2D eigenvalue weighted by Crippen LogP contribution is 2.34. The van der Waals surface area contributed by atoms with Crippen LogP contribution in [0.2, 0.25) is 0 Å². The fraction of sp³-hybridized carbons (Fsp3) is 0.240. The minimum Gasteiger partial charge on any atom is -0.467 e. The van der Waals surface area contributed by atoms with Gasteiger partial charge in [-0.15, -0.1) is 5.10 Å². The third kappa shape index (κ3) is 4.38. The zero-order valence-corrected chi connectivity index (χ0v) is 20.0. The number of benzene rings is 2. The van der Waals surface area contributed by atoms with Crippen LogP contribution in [-0.2, 0) is 4.79 Å². The van der Waals surface area contributed by atoms with E-state index in [-0.39, 0.29) is 17.7 Å². The summed E-state index contributed by atoms with van der Waals surface area (Å²) in [5.74, 6) is 0.723. The number of thioether (sulfide) groups is 1. The monoisotopic (exact) mass is 472 g/mol. The Morgan fingerprint density at radius 1 is 1.09 bits per heavy atom. The molecule has 0 saturated carbocycles. The highest BCUT2D eigenvalue weighted by Gasteiger charge is 2.35. The van der Waals surface area contributed by atoms with E-state index in [9.17, 15) is 4.79 Å². The molecule has 1 atom stereocenters. The fourth-order valence-corrected chi connectivity index (χ4v) is 4.76. The van der Waals surface area contributed by atoms with Crippen molar-refractivity contribution in [1.29, 1.82) is 0 Å². The number of furan rings is 1. The first-order chi connectivity index (χ1) is 16.5. The number of nitrogens with zero attached hydrogens (tertiary/aromatic N) is 6. The molecule has 5 rings (SSSR count). The number of hydrogen-bond donors (Lipinski definition) is 0. The lowest BCUT2D eigenvalue weighted by Crippen LogP contribution is -2.28. The van der Waals surface area contributed by atoms with Crippen LogP contribution in [0.4, 0.5) is 0 Å². The zero-order chi connectivity index (χ0) is 23.7. The Hall–Kier alpha value is -3.72. The molecule has 8 nitrogen and oxygen atoms in total. The first-order valence-corrected chi connectivity index (χ1v) is 12.0. The average Bonchev–Trinajstić information content (AvgIpc) is 3.58. The Bertz CT molecular complexity index is 1340. The average molecular weight is 473 g/mol. The van der Waals surface area contributed by atoms with Crippen molar-refractivity contribution in [2.24, 2.45) is 5.10 Å². The van der Waals surface area contributed by atoms with Gasteiger partial charge in [-0.1, -0.05) is 59.3 Å². The van der Waals surface area contributed by atoms with Crippen molar-refractivity contribution in [3.05, 3.63) is 88.9 Å². The lowest BCUT2D eigenvalue weighted by molar-refractivity contribution is -0.130. The van der Waals surface area contributed by atoms with Crippen molar-refractivity contribution in [3.63, 3.8) is 0 Å². The van der Waals surface area contributed by atoms with Gasteiger partial charge >= 0.3 is 0 Å². The van der Waals surface area contributed by atoms with E-state index < -0.39 is 0 Å². The van der Waals surface area contributed by atoms with Crippen molar-refractivity contribution in [1.82, 2.24) is 25.2 Å². The lowest BCUT2D eigenvalue weighted by Gasteiger charge is -2.19. The molecular weight excluding hydrogens is 448 g/mol. The maximum Gasteiger partial charge on any atom is 0.253 e. The predicted molar refractivity (Wildman–Crippen MR) is 130 cm³/mol. The minimum atomic E-state index is -0.283. The Morgan fingerprint density at radius 2 is 1.88 bits per heavy atom. The molecule has 0 saturated heterocycles. The van der Waals surface area contributed by atoms with Gasteiger partial charge in [0.25, 0.3) is 5.91 Å². The Balaban J connectivity index is 1.37. The molecule has 0 aliphatic carbocycles. The summed E-state index contributed by atoms with van der Waals surface area (Å²) in [6, 6.07) is 17.7. The van der Waals surface area contributed by atoms with Crippen molar-refractivity contribution < 1.29 is 9.21 Å². The number of hydrogen-bond acceptors (Lipinski definition) is 7. The van der Waals surface area contributed by atoms with Gasteiger partial charge in [0.05, 0.1) is 23.4 Å². The van der Waals surface area contributed by atoms with Crippen LogP contribution in [0, 0.1) is 20.8 Å². The van der Waals surface area contributed by atoms with Crippen molar-refractivity contribution in [2.75, 3.05) is 5.75 Å². The van der Waals surface area contributed by atoms with Crippen LogP contribution in [0.5, 0.6) is 0 Å². The topological polar surface area (TPSA) is 89.4 Å². The van der Waals surface area contributed by atoms with E-state index in [2.05, 4.69) is 21.6 Å². The van der Waals surface area contributed by atoms with Crippen LogP contribution in [0.15, 0.2) is 75.5 Å². The number of rotatable bonds is 6. The van der Waals surface area contributed by atoms with E-state index in [0.717, 1.165) is 22.5 Å². The molecule has 1 aliphatic heterocycles. The number of aryl methyl sites for hydroxylation is 3. The maximum absolute atomic E-state index is 13.3. The second-order valence-electron chi connectivity index (χ2n) is 8.34. The molecule has 0 bridgehead atoms. The van der Waals surface area contributed by atoms with Crippen molar-refractivity contribution in [3.8, 4) is 5.69 Å². The van der Waals surface area contributed by atoms with Crippen LogP contribution in [-0.4, -0.2) is 42.6 Å². The van der Waals surface area contributed by atoms with Gasteiger partial charge < -0.3 is 4.42 Å². The molecule has 0 fully saturated rings. The van der Waals surface area contributed by atoms with Crippen LogP contribution in [0.25, 0.3) is 5.69 Å². The smallest absolute Gasteiger partial charge is 0.253 e. The van der Waals surface area contributed by atoms with Crippen LogP contribution in [0.3, 0.4) is 0 Å². The van der Waals surface area contributed by atoms with E-state index in [0.29, 0.717) is 17.3 Å². The van der Waals surface area contributed by atoms with Gasteiger partial charge in [-0.2, -0.15) is 9.78 Å². The molecule has 2 aromatic heterocycles. The molecule has 9 heteroatoms. The largest absolute Gasteiger partial charge is 0.467 e. The summed E-state index contributed by atoms with van der Waals surface area (Å²) in [6.07, 6.45) is 2.21. The molecule has 4 aromatic rings. The molecule has 0 radical (unpaired) electrons. The van der Waals surface area contributed by atoms with Gasteiger partial charge in [0.1, 0.15) is 11.8 Å². The molecular formula is C25H24N6O2S. The number of carbonyl (C=O) groups is 1. The van der Waals surface area contributed by atoms with Crippen LogP contribution < -0.4 is 0 Å². The zero-order valence-electron chi connectivity index (χ0n) is 19.2. The predicted octanol–water partition coefficient (Wildman–Crippen LogP) is 4.65. The standard InChI is InChI=1S/C25H24N6O2S/c1-16-6-9-19(10-7-16)20-14-22(23-5-4-12-33-23)30(27-20)24(32)15-34-25-26-28-29-31(25)21-11-8-17(2)13-18(21)3/h4-13,22H,14-15H2,1-3H3. The molecule has 3 heterocycles. The highest BCUT2D eigenvalue weighted by atomic mass is 32.2. The van der Waals surface area contributed by atoms with Gasteiger partial charge in [0.2, 0.25) is 5.16 Å². The summed E-state index contributed by atoms with van der Waals surface area (Å²) in [7, 11) is 0. The number of aromatic nitrogens is 4. The van der Waals surface area contributed by atoms with Gasteiger partial charge in [0, 0.05) is 6.42 Å². The number of carbonyl (C=O) groups excluding carboxylic acids is 1. The Labute approximate surface area is 201 Å². The summed E-state index contributed by atoms with van der Waals surface area (Å²) < 4.78 is 7.31. The molecule has 34 heavy (non-hydrogen) atoms. The highest BCUT2D eigenvalue weighted by molar-refractivity contribution is 7.99. The van der Waals surface area contributed by atoms with Crippen LogP contribution in [0.1, 0.15) is 40.5 Å². The second kappa shape index (κ2) is 9.26. The van der Waals surface area contributed by atoms with Crippen molar-refractivity contribution in [2.45, 2.75) is 38.4 Å². The third-order valence-electron chi connectivity index (χ3n) is 5.77. The van der Waals surface area contributed by atoms with E-state index in [1.54, 1.807) is 10.9 Å². The Morgan fingerprint density at radius 3 is 2.62 bits per heavy atom. The van der Waals surface area contributed by atoms with E-state index in [1.165, 1.54) is 27.9 Å². The molecule has 2 aromatic carbocycles. The van der Waals surface area contributed by atoms with Gasteiger partial charge in [-0.05, 0) is 60.5 Å². The summed E-state index contributed by atoms with van der Waals surface area (Å²) in [6.45, 7) is 6.11. The molecule has 0 N–H and O–H groups in total. The van der Waals surface area contributed by atoms with Crippen molar-refractivity contribution >= 4 is 23.4 Å². The number of tetrazole rings is 1. The summed E-state index contributed by atoms with van der Waals surface area (Å²) in [5.41, 5.74) is 6.16. The van der Waals surface area contributed by atoms with E-state index in [4.69, 9.17) is 9.52 Å². The molecule has 0 spiro atoms. The van der Waals surface area contributed by atoms with Gasteiger partial charge in [-0.25, -0.2) is 5.01 Å². The maximum atomic E-state index is 13.3. The van der Waals surface area contributed by atoms with E-state index >= 15 is 0 Å². The van der Waals surface area contributed by atoms with Gasteiger partial charge in [0.15, 0.2) is 0 Å². The minimum absolute atomic E-state index is 0.135. The fourth-order valence-electron chi connectivity index (χ4n) is 4.02. The quantitative estimate of drug-likeness (QED) is 0.380. The number of amides is 1. The first kappa shape index (κ1) is 22.1. The van der Waals surface area contributed by atoms with Gasteiger partial charge in [-0.3, -0.25) is 4.79 Å². The summed E-state index contributed by atoms with van der Waals surface area (Å²) in [4.78, 5) is 13.3. The summed E-state index contributed by atoms with van der Waals surface area (Å²) >= 11 is 1.29. The lowest BCUT2D eigenvalue weighted by atomic mass is 10.0. The molecule has 1 amide bonds. The summed E-state index contributed by atoms with van der Waals surface area (Å²) in [5, 5.41) is 18.9. The normalized spacial score (nSPS) is 15.6. The Kier molecular flexibility index (Phi) is 6.02. The second-order valence-corrected chi connectivity index (χ2v) is 9.28.